The van der Waals surface area contributed by atoms with E-state index in [4.69, 9.17) is 0 Å². The highest BCUT2D eigenvalue weighted by Crippen LogP contribution is 2.30. The van der Waals surface area contributed by atoms with Crippen LogP contribution in [0.15, 0.2) is 36.4 Å². The Hall–Kier alpha value is -1.82. The van der Waals surface area contributed by atoms with Crippen molar-refractivity contribution in [3.05, 3.63) is 52.7 Å². The second kappa shape index (κ2) is 4.70. The van der Waals surface area contributed by atoms with Gasteiger partial charge in [-0.25, -0.2) is 0 Å². The van der Waals surface area contributed by atoms with Gasteiger partial charge in [-0.3, -0.25) is 0 Å². The number of rotatable bonds is 0. The van der Waals surface area contributed by atoms with E-state index in [2.05, 4.69) is 49.4 Å². The summed E-state index contributed by atoms with van der Waals surface area (Å²) in [6, 6.07) is 13.7. The van der Waals surface area contributed by atoms with Crippen molar-refractivity contribution in [2.75, 3.05) is 0 Å². The Labute approximate surface area is 114 Å². The number of hydrogen-bond donors (Lipinski definition) is 0. The van der Waals surface area contributed by atoms with Gasteiger partial charge in [0.1, 0.15) is 0 Å². The summed E-state index contributed by atoms with van der Waals surface area (Å²) in [6.45, 7) is 6.18. The predicted molar refractivity (Wildman–Crippen MR) is 85.5 cm³/mol. The molecule has 0 unspecified atom stereocenters. The Kier molecular flexibility index (Phi) is 3.02. The first-order valence-electron chi connectivity index (χ1n) is 7.28. The molecule has 0 aliphatic heterocycles. The van der Waals surface area contributed by atoms with E-state index < -0.39 is 0 Å². The first-order valence-corrected chi connectivity index (χ1v) is 7.28. The highest BCUT2D eigenvalue weighted by molar-refractivity contribution is 6.12. The topological polar surface area (TPSA) is 0 Å². The van der Waals surface area contributed by atoms with Crippen LogP contribution >= 0.6 is 0 Å². The lowest BCUT2D eigenvalue weighted by Crippen LogP contribution is -2.09. The van der Waals surface area contributed by atoms with Gasteiger partial charge in [0, 0.05) is 0 Å². The van der Waals surface area contributed by atoms with Crippen LogP contribution < -0.4 is 5.22 Å². The van der Waals surface area contributed by atoms with Gasteiger partial charge in [-0.2, -0.15) is 0 Å². The third kappa shape index (κ3) is 1.83. The summed E-state index contributed by atoms with van der Waals surface area (Å²) in [5.74, 6) is 0. The molecule has 0 bridgehead atoms. The third-order valence-corrected chi connectivity index (χ3v) is 3.89. The summed E-state index contributed by atoms with van der Waals surface area (Å²) in [5, 5.41) is 7.15. The zero-order valence-corrected chi connectivity index (χ0v) is 12.0. The quantitative estimate of drug-likeness (QED) is 0.537. The van der Waals surface area contributed by atoms with Crippen LogP contribution in [0.1, 0.15) is 31.4 Å². The van der Waals surface area contributed by atoms with Gasteiger partial charge in [-0.05, 0) is 57.7 Å². The molecule has 0 amide bonds. The van der Waals surface area contributed by atoms with Crippen LogP contribution in [0.4, 0.5) is 0 Å². The molecule has 19 heavy (non-hydrogen) atoms. The predicted octanol–water partition coefficient (Wildman–Crippen LogP) is 4.77. The smallest absolute Gasteiger partial charge is 0.00300 e. The molecule has 96 valence electrons. The van der Waals surface area contributed by atoms with E-state index in [1.807, 2.05) is 13.8 Å². The van der Waals surface area contributed by atoms with Gasteiger partial charge in [0.15, 0.2) is 0 Å². The molecule has 0 spiro atoms. The monoisotopic (exact) mass is 248 g/mol. The highest BCUT2D eigenvalue weighted by atomic mass is 14.1. The second-order valence-corrected chi connectivity index (χ2v) is 5.08. The Morgan fingerprint density at radius 2 is 1.53 bits per heavy atom. The van der Waals surface area contributed by atoms with Crippen LogP contribution in [-0.2, 0) is 6.42 Å². The maximum absolute atomic E-state index is 2.38. The van der Waals surface area contributed by atoms with Crippen LogP contribution in [0.2, 0.25) is 0 Å². The van der Waals surface area contributed by atoms with E-state index in [0.29, 0.717) is 0 Å². The summed E-state index contributed by atoms with van der Waals surface area (Å²) >= 11 is 0. The first kappa shape index (κ1) is 12.2. The molecule has 0 heterocycles. The minimum Gasteiger partial charge on any atom is -0.0763 e. The van der Waals surface area contributed by atoms with Gasteiger partial charge in [0.2, 0.25) is 0 Å². The summed E-state index contributed by atoms with van der Waals surface area (Å²) in [5.41, 5.74) is 2.87. The Balaban J connectivity index is 0.000000528. The lowest BCUT2D eigenvalue weighted by molar-refractivity contribution is 1.04. The average Bonchev–Trinajstić information content (AvgIpc) is 2.46. The van der Waals surface area contributed by atoms with Crippen molar-refractivity contribution in [1.29, 1.82) is 0 Å². The lowest BCUT2D eigenvalue weighted by atomic mass is 9.89. The van der Waals surface area contributed by atoms with E-state index in [1.165, 1.54) is 50.7 Å². The van der Waals surface area contributed by atoms with E-state index in [9.17, 15) is 0 Å². The zero-order chi connectivity index (χ0) is 13.4. The molecule has 1 aliphatic rings. The molecular weight excluding hydrogens is 228 g/mol. The molecular formula is C19H20. The minimum atomic E-state index is 1.18. The standard InChI is InChI=1S/C17H14.C2H6/c1-11-9-14-7-5-12-3-2-4-13-6-8-15(10-11)17(14)16(12)13;1-2/h3,5-10H,2,4H2,1H3;1-2H3. The molecule has 0 saturated heterocycles. The van der Waals surface area contributed by atoms with Crippen molar-refractivity contribution in [2.45, 2.75) is 33.6 Å². The summed E-state index contributed by atoms with van der Waals surface area (Å²) in [7, 11) is 0. The summed E-state index contributed by atoms with van der Waals surface area (Å²) in [6.07, 6.45) is 4.75. The zero-order valence-electron chi connectivity index (χ0n) is 12.0. The molecule has 3 aromatic rings. The highest BCUT2D eigenvalue weighted by Gasteiger charge is 2.10. The SMILES string of the molecule is CC.Cc1cc2ccc3c4c(ccc(c1)c24)=CCC3. The normalized spacial score (nSPS) is 13.0. The van der Waals surface area contributed by atoms with Gasteiger partial charge in [0.25, 0.3) is 0 Å². The van der Waals surface area contributed by atoms with Crippen LogP contribution in [0.5, 0.6) is 0 Å². The van der Waals surface area contributed by atoms with Crippen LogP contribution in [0.3, 0.4) is 0 Å². The Morgan fingerprint density at radius 1 is 0.842 bits per heavy atom. The molecule has 0 nitrogen and oxygen atoms in total. The van der Waals surface area contributed by atoms with E-state index in [-0.39, 0.29) is 0 Å². The van der Waals surface area contributed by atoms with Gasteiger partial charge < -0.3 is 0 Å². The number of aryl methyl sites for hydroxylation is 2. The molecule has 0 radical (unpaired) electrons. The largest absolute Gasteiger partial charge is 0.0763 e. The molecule has 0 fully saturated rings. The lowest BCUT2D eigenvalue weighted by Gasteiger charge is -2.15. The molecule has 0 saturated carbocycles. The molecule has 3 aromatic carbocycles. The maximum atomic E-state index is 2.38. The molecule has 0 heteroatoms. The molecule has 1 aliphatic carbocycles. The van der Waals surface area contributed by atoms with Crippen molar-refractivity contribution in [1.82, 2.24) is 0 Å². The number of benzene rings is 3. The Morgan fingerprint density at radius 3 is 2.26 bits per heavy atom. The average molecular weight is 248 g/mol. The summed E-state index contributed by atoms with van der Waals surface area (Å²) in [4.78, 5) is 0. The van der Waals surface area contributed by atoms with Gasteiger partial charge >= 0.3 is 0 Å². The van der Waals surface area contributed by atoms with Crippen LogP contribution in [0.25, 0.3) is 27.6 Å². The third-order valence-electron chi connectivity index (χ3n) is 3.89. The molecule has 0 N–H and O–H groups in total. The van der Waals surface area contributed by atoms with Crippen molar-refractivity contribution < 1.29 is 0 Å². The fraction of sp³-hybridized carbons (Fsp3) is 0.263. The Bertz CT molecular complexity index is 775. The van der Waals surface area contributed by atoms with Crippen LogP contribution in [-0.4, -0.2) is 0 Å². The fourth-order valence-electron chi connectivity index (χ4n) is 3.18. The number of hydrogen-bond acceptors (Lipinski definition) is 0. The van der Waals surface area contributed by atoms with E-state index in [1.54, 1.807) is 0 Å². The van der Waals surface area contributed by atoms with Crippen molar-refractivity contribution in [2.24, 2.45) is 0 Å². The first-order chi connectivity index (χ1) is 9.33. The molecule has 0 aromatic heterocycles. The molecule has 4 rings (SSSR count). The van der Waals surface area contributed by atoms with Crippen molar-refractivity contribution in [3.8, 4) is 0 Å². The van der Waals surface area contributed by atoms with E-state index >= 15 is 0 Å². The van der Waals surface area contributed by atoms with E-state index in [0.717, 1.165) is 0 Å². The van der Waals surface area contributed by atoms with Crippen molar-refractivity contribution >= 4 is 27.6 Å². The van der Waals surface area contributed by atoms with Crippen molar-refractivity contribution in [3.63, 3.8) is 0 Å². The van der Waals surface area contributed by atoms with Gasteiger partial charge in [0.05, 0.1) is 0 Å². The maximum Gasteiger partial charge on any atom is -0.00300 e. The molecule has 0 atom stereocenters. The minimum absolute atomic E-state index is 1.18. The fourth-order valence-corrected chi connectivity index (χ4v) is 3.18. The van der Waals surface area contributed by atoms with Gasteiger partial charge in [-0.1, -0.05) is 56.3 Å². The van der Waals surface area contributed by atoms with Gasteiger partial charge in [-0.15, -0.1) is 0 Å². The summed E-state index contributed by atoms with van der Waals surface area (Å²) < 4.78 is 0. The van der Waals surface area contributed by atoms with Crippen LogP contribution in [0, 0.1) is 6.92 Å². The second-order valence-electron chi connectivity index (χ2n) is 5.08.